The largest absolute Gasteiger partial charge is 0.497 e. The Bertz CT molecular complexity index is 666. The lowest BCUT2D eigenvalue weighted by Gasteiger charge is -2.20. The molecule has 1 amide bonds. The molecule has 0 aliphatic rings. The quantitative estimate of drug-likeness (QED) is 0.891. The zero-order valence-electron chi connectivity index (χ0n) is 14.0. The van der Waals surface area contributed by atoms with Crippen molar-refractivity contribution in [1.29, 1.82) is 0 Å². The van der Waals surface area contributed by atoms with E-state index in [-0.39, 0.29) is 11.9 Å². The molecule has 0 saturated heterocycles. The molecule has 1 atom stereocenters. The molecular weight excluding hydrogens is 288 g/mol. The highest BCUT2D eigenvalue weighted by Crippen LogP contribution is 2.24. The third-order valence-corrected chi connectivity index (χ3v) is 4.00. The summed E-state index contributed by atoms with van der Waals surface area (Å²) >= 11 is 0. The molecule has 23 heavy (non-hydrogen) atoms. The molecule has 0 saturated carbocycles. The second-order valence-electron chi connectivity index (χ2n) is 5.36. The molecule has 0 bridgehead atoms. The van der Waals surface area contributed by atoms with Gasteiger partial charge in [0, 0.05) is 18.7 Å². The van der Waals surface area contributed by atoms with Crippen LogP contribution in [0.5, 0.6) is 5.75 Å². The van der Waals surface area contributed by atoms with Crippen LogP contribution >= 0.6 is 0 Å². The van der Waals surface area contributed by atoms with Crippen molar-refractivity contribution < 1.29 is 9.53 Å². The second kappa shape index (κ2) is 7.79. The van der Waals surface area contributed by atoms with Crippen LogP contribution in [0.3, 0.4) is 0 Å². The van der Waals surface area contributed by atoms with Crippen molar-refractivity contribution in [2.75, 3.05) is 20.2 Å². The van der Waals surface area contributed by atoms with Gasteiger partial charge in [-0.15, -0.1) is 0 Å². The molecular formula is C19H24N2O2. The fourth-order valence-corrected chi connectivity index (χ4v) is 2.59. The summed E-state index contributed by atoms with van der Waals surface area (Å²) in [6.45, 7) is 5.35. The van der Waals surface area contributed by atoms with Gasteiger partial charge in [0.25, 0.3) is 5.91 Å². The van der Waals surface area contributed by atoms with Gasteiger partial charge in [-0.2, -0.15) is 0 Å². The molecule has 2 N–H and O–H groups in total. The number of nitrogens with two attached hydrogens (primary N) is 1. The van der Waals surface area contributed by atoms with Crippen LogP contribution in [-0.2, 0) is 0 Å². The van der Waals surface area contributed by atoms with Gasteiger partial charge in [0.2, 0.25) is 0 Å². The van der Waals surface area contributed by atoms with Gasteiger partial charge in [-0.25, -0.2) is 0 Å². The van der Waals surface area contributed by atoms with Gasteiger partial charge < -0.3 is 15.4 Å². The first-order valence-electron chi connectivity index (χ1n) is 7.89. The second-order valence-corrected chi connectivity index (χ2v) is 5.36. The number of hydrogen-bond donors (Lipinski definition) is 1. The lowest BCUT2D eigenvalue weighted by molar-refractivity contribution is 0.0773. The fraction of sp³-hybridized carbons (Fsp3) is 0.316. The Labute approximate surface area is 137 Å². The van der Waals surface area contributed by atoms with Crippen molar-refractivity contribution in [3.8, 4) is 5.75 Å². The number of nitrogens with zero attached hydrogens (tertiary/aromatic N) is 1. The van der Waals surface area contributed by atoms with E-state index in [1.807, 2.05) is 62.4 Å². The average Bonchev–Trinajstić information content (AvgIpc) is 2.62. The molecule has 0 fully saturated rings. The summed E-state index contributed by atoms with van der Waals surface area (Å²) < 4.78 is 5.25. The topological polar surface area (TPSA) is 55.6 Å². The van der Waals surface area contributed by atoms with Crippen LogP contribution < -0.4 is 10.5 Å². The van der Waals surface area contributed by atoms with Gasteiger partial charge in [-0.3, -0.25) is 4.79 Å². The van der Waals surface area contributed by atoms with E-state index >= 15 is 0 Å². The van der Waals surface area contributed by atoms with Gasteiger partial charge in [-0.1, -0.05) is 24.3 Å². The van der Waals surface area contributed by atoms with Crippen LogP contribution in [0.1, 0.15) is 41.4 Å². The van der Waals surface area contributed by atoms with E-state index in [0.29, 0.717) is 18.7 Å². The maximum Gasteiger partial charge on any atom is 0.253 e. The third kappa shape index (κ3) is 3.90. The normalized spacial score (nSPS) is 11.8. The number of carbonyl (C=O) groups excluding carboxylic acids is 1. The van der Waals surface area contributed by atoms with Gasteiger partial charge in [0.05, 0.1) is 13.2 Å². The summed E-state index contributed by atoms with van der Waals surface area (Å²) in [6.07, 6.45) is 0. The molecule has 0 aliphatic carbocycles. The Kier molecular flexibility index (Phi) is 5.77. The van der Waals surface area contributed by atoms with Crippen LogP contribution in [-0.4, -0.2) is 31.0 Å². The number of methoxy groups -OCH3 is 1. The van der Waals surface area contributed by atoms with E-state index in [0.717, 1.165) is 16.9 Å². The number of benzene rings is 2. The van der Waals surface area contributed by atoms with Gasteiger partial charge in [-0.05, 0) is 49.2 Å². The standard InChI is InChI=1S/C19H24N2O2/c1-4-21(5-2)19(22)16-10-6-8-14(12-16)18(20)15-9-7-11-17(13-15)23-3/h6-13,18H,4-5,20H2,1-3H3. The summed E-state index contributed by atoms with van der Waals surface area (Å²) in [4.78, 5) is 14.3. The lowest BCUT2D eigenvalue weighted by Crippen LogP contribution is -2.30. The number of carbonyl (C=O) groups is 1. The zero-order chi connectivity index (χ0) is 16.8. The molecule has 122 valence electrons. The minimum absolute atomic E-state index is 0.0368. The predicted octanol–water partition coefficient (Wildman–Crippen LogP) is 3.23. The molecule has 0 spiro atoms. The Morgan fingerprint density at radius 1 is 1.09 bits per heavy atom. The Morgan fingerprint density at radius 3 is 2.30 bits per heavy atom. The van der Waals surface area contributed by atoms with Gasteiger partial charge >= 0.3 is 0 Å². The summed E-state index contributed by atoms with van der Waals surface area (Å²) in [5.74, 6) is 0.808. The molecule has 4 heteroatoms. The molecule has 2 rings (SSSR count). The van der Waals surface area contributed by atoms with Crippen molar-refractivity contribution in [3.63, 3.8) is 0 Å². The number of hydrogen-bond acceptors (Lipinski definition) is 3. The van der Waals surface area contributed by atoms with E-state index in [2.05, 4.69) is 0 Å². The average molecular weight is 312 g/mol. The van der Waals surface area contributed by atoms with Gasteiger partial charge in [0.1, 0.15) is 5.75 Å². The highest BCUT2D eigenvalue weighted by atomic mass is 16.5. The lowest BCUT2D eigenvalue weighted by atomic mass is 9.97. The molecule has 0 aromatic heterocycles. The zero-order valence-corrected chi connectivity index (χ0v) is 14.0. The number of rotatable bonds is 6. The molecule has 1 unspecified atom stereocenters. The predicted molar refractivity (Wildman–Crippen MR) is 92.7 cm³/mol. The summed E-state index contributed by atoms with van der Waals surface area (Å²) in [6, 6.07) is 14.9. The summed E-state index contributed by atoms with van der Waals surface area (Å²) in [7, 11) is 1.63. The van der Waals surface area contributed by atoms with Crippen molar-refractivity contribution in [1.82, 2.24) is 4.90 Å². The van der Waals surface area contributed by atoms with Crippen molar-refractivity contribution in [2.24, 2.45) is 5.73 Å². The molecule has 4 nitrogen and oxygen atoms in total. The van der Waals surface area contributed by atoms with Crippen molar-refractivity contribution >= 4 is 5.91 Å². The van der Waals surface area contributed by atoms with E-state index in [1.54, 1.807) is 12.0 Å². The molecule has 2 aromatic rings. The van der Waals surface area contributed by atoms with E-state index in [9.17, 15) is 4.79 Å². The van der Waals surface area contributed by atoms with Crippen LogP contribution in [0.25, 0.3) is 0 Å². The summed E-state index contributed by atoms with van der Waals surface area (Å²) in [5.41, 5.74) is 8.91. The Balaban J connectivity index is 2.29. The van der Waals surface area contributed by atoms with E-state index < -0.39 is 0 Å². The monoisotopic (exact) mass is 312 g/mol. The minimum Gasteiger partial charge on any atom is -0.497 e. The first-order valence-corrected chi connectivity index (χ1v) is 7.89. The van der Waals surface area contributed by atoms with Crippen molar-refractivity contribution in [2.45, 2.75) is 19.9 Å². The maximum absolute atomic E-state index is 12.5. The molecule has 0 heterocycles. The van der Waals surface area contributed by atoms with Crippen LogP contribution in [0.15, 0.2) is 48.5 Å². The van der Waals surface area contributed by atoms with Crippen LogP contribution in [0.2, 0.25) is 0 Å². The fourth-order valence-electron chi connectivity index (χ4n) is 2.59. The smallest absolute Gasteiger partial charge is 0.253 e. The van der Waals surface area contributed by atoms with Gasteiger partial charge in [0.15, 0.2) is 0 Å². The maximum atomic E-state index is 12.5. The minimum atomic E-state index is -0.297. The first-order chi connectivity index (χ1) is 11.1. The molecule has 2 aromatic carbocycles. The SMILES string of the molecule is CCN(CC)C(=O)c1cccc(C(N)c2cccc(OC)c2)c1. The highest BCUT2D eigenvalue weighted by molar-refractivity contribution is 5.94. The Morgan fingerprint density at radius 2 is 1.70 bits per heavy atom. The number of ether oxygens (including phenoxy) is 1. The van der Waals surface area contributed by atoms with Crippen LogP contribution in [0.4, 0.5) is 0 Å². The summed E-state index contributed by atoms with van der Waals surface area (Å²) in [5, 5.41) is 0. The number of amides is 1. The van der Waals surface area contributed by atoms with E-state index in [4.69, 9.17) is 10.5 Å². The van der Waals surface area contributed by atoms with Crippen molar-refractivity contribution in [3.05, 3.63) is 65.2 Å². The molecule has 0 aliphatic heterocycles. The third-order valence-electron chi connectivity index (χ3n) is 4.00. The van der Waals surface area contributed by atoms with Crippen LogP contribution in [0, 0.1) is 0 Å². The molecule has 0 radical (unpaired) electrons. The Hall–Kier alpha value is -2.33. The van der Waals surface area contributed by atoms with E-state index in [1.165, 1.54) is 0 Å². The first kappa shape index (κ1) is 17.0. The highest BCUT2D eigenvalue weighted by Gasteiger charge is 2.15.